The third-order valence-corrected chi connectivity index (χ3v) is 5.47. The van der Waals surface area contributed by atoms with Gasteiger partial charge in [0.25, 0.3) is 0 Å². The highest BCUT2D eigenvalue weighted by Crippen LogP contribution is 2.37. The van der Waals surface area contributed by atoms with Gasteiger partial charge in [-0.05, 0) is 38.1 Å². The summed E-state index contributed by atoms with van der Waals surface area (Å²) in [4.78, 5) is 0.211. The molecule has 0 amide bonds. The van der Waals surface area contributed by atoms with E-state index in [-0.39, 0.29) is 11.0 Å². The molecular formula is C20H25NO5S. The Balaban J connectivity index is 1.89. The number of rotatable bonds is 7. The number of nitrogens with one attached hydrogen (secondary N) is 1. The molecule has 0 fully saturated rings. The van der Waals surface area contributed by atoms with E-state index in [2.05, 4.69) is 5.32 Å². The molecule has 1 heterocycles. The Kier molecular flexibility index (Phi) is 5.51. The zero-order chi connectivity index (χ0) is 19.6. The van der Waals surface area contributed by atoms with E-state index in [1.807, 2.05) is 26.0 Å². The van der Waals surface area contributed by atoms with Crippen LogP contribution in [0.4, 0.5) is 5.69 Å². The number of ether oxygens (including phenoxy) is 3. The molecule has 2 aromatic carbocycles. The molecule has 27 heavy (non-hydrogen) atoms. The summed E-state index contributed by atoms with van der Waals surface area (Å²) < 4.78 is 40.7. The summed E-state index contributed by atoms with van der Waals surface area (Å²) in [5, 5.41) is 3.28. The molecule has 1 aliphatic heterocycles. The van der Waals surface area contributed by atoms with Gasteiger partial charge >= 0.3 is 0 Å². The number of sulfone groups is 1. The summed E-state index contributed by atoms with van der Waals surface area (Å²) in [5.74, 6) is 2.18. The molecule has 0 spiro atoms. The van der Waals surface area contributed by atoms with Gasteiger partial charge in [0.15, 0.2) is 9.84 Å². The van der Waals surface area contributed by atoms with Crippen LogP contribution in [-0.4, -0.2) is 34.5 Å². The summed E-state index contributed by atoms with van der Waals surface area (Å²) in [6.07, 6.45) is 2.16. The van der Waals surface area contributed by atoms with Gasteiger partial charge in [0, 0.05) is 42.1 Å². The fourth-order valence-electron chi connectivity index (χ4n) is 3.16. The molecule has 2 aromatic rings. The Hall–Kier alpha value is -2.41. The van der Waals surface area contributed by atoms with Crippen molar-refractivity contribution in [3.63, 3.8) is 0 Å². The first-order valence-corrected chi connectivity index (χ1v) is 10.8. The number of hydrogen-bond donors (Lipinski definition) is 1. The van der Waals surface area contributed by atoms with Crippen molar-refractivity contribution in [2.45, 2.75) is 37.8 Å². The average Bonchev–Trinajstić information content (AvgIpc) is 2.99. The lowest BCUT2D eigenvalue weighted by Crippen LogP contribution is -2.07. The van der Waals surface area contributed by atoms with Gasteiger partial charge in [0.1, 0.15) is 23.4 Å². The number of anilines is 1. The van der Waals surface area contributed by atoms with Crippen LogP contribution in [0.25, 0.3) is 0 Å². The molecule has 0 radical (unpaired) electrons. The molecular weight excluding hydrogens is 366 g/mol. The first-order valence-electron chi connectivity index (χ1n) is 8.88. The highest BCUT2D eigenvalue weighted by Gasteiger charge is 2.23. The van der Waals surface area contributed by atoms with Crippen LogP contribution >= 0.6 is 0 Å². The van der Waals surface area contributed by atoms with Crippen LogP contribution in [0.15, 0.2) is 35.2 Å². The van der Waals surface area contributed by atoms with E-state index >= 15 is 0 Å². The van der Waals surface area contributed by atoms with Gasteiger partial charge in [-0.15, -0.1) is 0 Å². The lowest BCUT2D eigenvalue weighted by Gasteiger charge is -2.15. The molecule has 0 saturated heterocycles. The number of methoxy groups -OCH3 is 1. The highest BCUT2D eigenvalue weighted by molar-refractivity contribution is 7.90. The van der Waals surface area contributed by atoms with Gasteiger partial charge in [-0.2, -0.15) is 0 Å². The fourth-order valence-corrected chi connectivity index (χ4v) is 3.83. The Labute approximate surface area is 160 Å². The lowest BCUT2D eigenvalue weighted by molar-refractivity contribution is 0.252. The minimum absolute atomic E-state index is 0.129. The van der Waals surface area contributed by atoms with Crippen molar-refractivity contribution in [2.75, 3.05) is 25.3 Å². The predicted octanol–water partition coefficient (Wildman–Crippen LogP) is 3.43. The van der Waals surface area contributed by atoms with E-state index in [9.17, 15) is 8.42 Å². The van der Waals surface area contributed by atoms with E-state index in [0.717, 1.165) is 29.0 Å². The maximum atomic E-state index is 11.9. The zero-order valence-corrected chi connectivity index (χ0v) is 16.9. The first kappa shape index (κ1) is 19.4. The van der Waals surface area contributed by atoms with Crippen molar-refractivity contribution in [3.05, 3.63) is 41.5 Å². The van der Waals surface area contributed by atoms with Crippen molar-refractivity contribution < 1.29 is 22.6 Å². The SMILES string of the molecule is CCOc1cc(CNc2cc(OC)cc(S(C)(=O)=O)c2)c2c(c1)CC(C)O2. The molecule has 1 atom stereocenters. The predicted molar refractivity (Wildman–Crippen MR) is 105 cm³/mol. The Bertz CT molecular complexity index is 940. The van der Waals surface area contributed by atoms with Gasteiger partial charge in [-0.25, -0.2) is 8.42 Å². The lowest BCUT2D eigenvalue weighted by atomic mass is 10.1. The minimum atomic E-state index is -3.34. The minimum Gasteiger partial charge on any atom is -0.497 e. The molecule has 0 aliphatic carbocycles. The summed E-state index contributed by atoms with van der Waals surface area (Å²) in [5.41, 5.74) is 2.77. The van der Waals surface area contributed by atoms with Gasteiger partial charge in [0.05, 0.1) is 18.6 Å². The van der Waals surface area contributed by atoms with Crippen LogP contribution < -0.4 is 19.5 Å². The summed E-state index contributed by atoms with van der Waals surface area (Å²) in [6.45, 7) is 5.06. The molecule has 6 nitrogen and oxygen atoms in total. The van der Waals surface area contributed by atoms with Gasteiger partial charge < -0.3 is 19.5 Å². The number of fused-ring (bicyclic) bond motifs is 1. The topological polar surface area (TPSA) is 73.9 Å². The van der Waals surface area contributed by atoms with Crippen LogP contribution in [0.5, 0.6) is 17.2 Å². The zero-order valence-electron chi connectivity index (χ0n) is 16.0. The van der Waals surface area contributed by atoms with E-state index in [1.165, 1.54) is 19.4 Å². The van der Waals surface area contributed by atoms with Crippen molar-refractivity contribution >= 4 is 15.5 Å². The van der Waals surface area contributed by atoms with Gasteiger partial charge in [-0.1, -0.05) is 0 Å². The van der Waals surface area contributed by atoms with Crippen LogP contribution in [0.3, 0.4) is 0 Å². The molecule has 1 unspecified atom stereocenters. The second kappa shape index (κ2) is 7.68. The Morgan fingerprint density at radius 2 is 1.96 bits per heavy atom. The largest absolute Gasteiger partial charge is 0.497 e. The molecule has 1 N–H and O–H groups in total. The van der Waals surface area contributed by atoms with E-state index in [1.54, 1.807) is 12.1 Å². The van der Waals surface area contributed by atoms with Crippen LogP contribution in [0, 0.1) is 0 Å². The summed E-state index contributed by atoms with van der Waals surface area (Å²) in [6, 6.07) is 8.88. The third kappa shape index (κ3) is 4.47. The number of hydrogen-bond acceptors (Lipinski definition) is 6. The third-order valence-electron chi connectivity index (χ3n) is 4.38. The van der Waals surface area contributed by atoms with Gasteiger partial charge in [0.2, 0.25) is 0 Å². The normalized spacial score (nSPS) is 15.8. The standard InChI is InChI=1S/C20H25NO5S/c1-5-25-18-7-14-6-13(2)26-20(14)15(8-18)12-21-16-9-17(24-3)11-19(10-16)27(4,22)23/h7-11,13,21H,5-6,12H2,1-4H3. The second-order valence-electron chi connectivity index (χ2n) is 6.66. The second-order valence-corrected chi connectivity index (χ2v) is 8.67. The average molecular weight is 391 g/mol. The maximum absolute atomic E-state index is 11.9. The molecule has 0 aromatic heterocycles. The van der Waals surface area contributed by atoms with E-state index in [4.69, 9.17) is 14.2 Å². The van der Waals surface area contributed by atoms with Crippen LogP contribution in [0.2, 0.25) is 0 Å². The van der Waals surface area contributed by atoms with E-state index in [0.29, 0.717) is 24.6 Å². The van der Waals surface area contributed by atoms with Crippen molar-refractivity contribution in [1.29, 1.82) is 0 Å². The summed E-state index contributed by atoms with van der Waals surface area (Å²) in [7, 11) is -1.82. The first-order chi connectivity index (χ1) is 12.8. The van der Waals surface area contributed by atoms with E-state index < -0.39 is 9.84 Å². The maximum Gasteiger partial charge on any atom is 0.175 e. The van der Waals surface area contributed by atoms with Crippen molar-refractivity contribution in [1.82, 2.24) is 0 Å². The molecule has 0 bridgehead atoms. The van der Waals surface area contributed by atoms with Crippen LogP contribution in [0.1, 0.15) is 25.0 Å². The molecule has 146 valence electrons. The van der Waals surface area contributed by atoms with Gasteiger partial charge in [-0.3, -0.25) is 0 Å². The fraction of sp³-hybridized carbons (Fsp3) is 0.400. The smallest absolute Gasteiger partial charge is 0.175 e. The molecule has 7 heteroatoms. The Morgan fingerprint density at radius 1 is 1.19 bits per heavy atom. The molecule has 0 saturated carbocycles. The Morgan fingerprint density at radius 3 is 2.63 bits per heavy atom. The number of benzene rings is 2. The van der Waals surface area contributed by atoms with Crippen molar-refractivity contribution in [2.24, 2.45) is 0 Å². The molecule has 1 aliphatic rings. The summed E-state index contributed by atoms with van der Waals surface area (Å²) >= 11 is 0. The molecule has 3 rings (SSSR count). The van der Waals surface area contributed by atoms with Crippen molar-refractivity contribution in [3.8, 4) is 17.2 Å². The quantitative estimate of drug-likeness (QED) is 0.779. The van der Waals surface area contributed by atoms with Crippen LogP contribution in [-0.2, 0) is 22.8 Å². The monoisotopic (exact) mass is 391 g/mol. The highest BCUT2D eigenvalue weighted by atomic mass is 32.2.